The van der Waals surface area contributed by atoms with Crippen LogP contribution >= 0.6 is 0 Å². The molecule has 0 atom stereocenters. The molecule has 0 aromatic heterocycles. The van der Waals surface area contributed by atoms with Gasteiger partial charge in [0.1, 0.15) is 11.5 Å². The van der Waals surface area contributed by atoms with E-state index in [0.717, 1.165) is 12.2 Å². The van der Waals surface area contributed by atoms with E-state index >= 15 is 0 Å². The van der Waals surface area contributed by atoms with E-state index in [-0.39, 0.29) is 18.4 Å². The van der Waals surface area contributed by atoms with Crippen molar-refractivity contribution in [3.63, 3.8) is 0 Å². The highest BCUT2D eigenvalue weighted by Gasteiger charge is 2.25. The zero-order valence-corrected chi connectivity index (χ0v) is 15.4. The second-order valence-electron chi connectivity index (χ2n) is 6.33. The molecule has 2 aromatic carbocycles. The van der Waals surface area contributed by atoms with Gasteiger partial charge >= 0.3 is 0 Å². The van der Waals surface area contributed by atoms with Crippen LogP contribution in [0.1, 0.15) is 26.2 Å². The predicted molar refractivity (Wildman–Crippen MR) is 104 cm³/mol. The van der Waals surface area contributed by atoms with Crippen LogP contribution in [0.15, 0.2) is 48.5 Å². The molecular weight excluding hydrogens is 344 g/mol. The molecule has 1 aliphatic heterocycles. The molecule has 2 amide bonds. The van der Waals surface area contributed by atoms with Gasteiger partial charge in [-0.25, -0.2) is 0 Å². The molecule has 0 fully saturated rings. The fraction of sp³-hybridized carbons (Fsp3) is 0.333. The maximum atomic E-state index is 12.3. The number of anilines is 2. The van der Waals surface area contributed by atoms with Crippen molar-refractivity contribution in [3.8, 4) is 11.5 Å². The first-order chi connectivity index (χ1) is 13.2. The lowest BCUT2D eigenvalue weighted by Crippen LogP contribution is -2.39. The van der Waals surface area contributed by atoms with Crippen LogP contribution in [0.5, 0.6) is 11.5 Å². The summed E-state index contributed by atoms with van der Waals surface area (Å²) in [5.41, 5.74) is 1.34. The van der Waals surface area contributed by atoms with Crippen molar-refractivity contribution >= 4 is 23.2 Å². The minimum Gasteiger partial charge on any atom is -0.494 e. The minimum absolute atomic E-state index is 0.0219. The van der Waals surface area contributed by atoms with Crippen LogP contribution in [0.2, 0.25) is 0 Å². The average Bonchev–Trinajstić information content (AvgIpc) is 2.67. The number of fused-ring (bicyclic) bond motifs is 1. The number of carbonyl (C=O) groups is 2. The Labute approximate surface area is 159 Å². The van der Waals surface area contributed by atoms with Crippen molar-refractivity contribution in [2.75, 3.05) is 30.0 Å². The first kappa shape index (κ1) is 18.8. The fourth-order valence-corrected chi connectivity index (χ4v) is 2.90. The van der Waals surface area contributed by atoms with Crippen molar-refractivity contribution in [2.24, 2.45) is 0 Å². The van der Waals surface area contributed by atoms with Gasteiger partial charge in [-0.15, -0.1) is 0 Å². The number of hydrogen-bond acceptors (Lipinski definition) is 4. The summed E-state index contributed by atoms with van der Waals surface area (Å²) in [5, 5.41) is 2.86. The lowest BCUT2D eigenvalue weighted by molar-refractivity contribution is -0.121. The van der Waals surface area contributed by atoms with Crippen LogP contribution in [0.25, 0.3) is 0 Å². The highest BCUT2D eigenvalue weighted by Crippen LogP contribution is 2.34. The van der Waals surface area contributed by atoms with Crippen LogP contribution < -0.4 is 19.7 Å². The number of carbonyl (C=O) groups excluding carboxylic acids is 2. The monoisotopic (exact) mass is 368 g/mol. The molecule has 0 aliphatic carbocycles. The Bertz CT molecular complexity index is 792. The summed E-state index contributed by atoms with van der Waals surface area (Å²) in [7, 11) is 0. The van der Waals surface area contributed by atoms with Crippen molar-refractivity contribution in [2.45, 2.75) is 26.2 Å². The molecule has 6 nitrogen and oxygen atoms in total. The van der Waals surface area contributed by atoms with E-state index in [1.807, 2.05) is 37.3 Å². The predicted octanol–water partition coefficient (Wildman–Crippen LogP) is 3.62. The van der Waals surface area contributed by atoms with E-state index in [1.165, 1.54) is 0 Å². The number of nitrogens with zero attached hydrogens (tertiary/aromatic N) is 1. The smallest absolute Gasteiger partial charge is 0.265 e. The Hall–Kier alpha value is -3.02. The molecule has 0 bridgehead atoms. The van der Waals surface area contributed by atoms with Crippen molar-refractivity contribution in [3.05, 3.63) is 48.5 Å². The molecule has 0 saturated heterocycles. The molecule has 27 heavy (non-hydrogen) atoms. The summed E-state index contributed by atoms with van der Waals surface area (Å²) in [6.45, 7) is 3.01. The van der Waals surface area contributed by atoms with Gasteiger partial charge in [0.25, 0.3) is 5.91 Å². The first-order valence-corrected chi connectivity index (χ1v) is 9.22. The number of nitrogens with one attached hydrogen (secondary N) is 1. The maximum absolute atomic E-state index is 12.3. The highest BCUT2D eigenvalue weighted by molar-refractivity contribution is 5.99. The molecule has 3 rings (SSSR count). The first-order valence-electron chi connectivity index (χ1n) is 9.22. The summed E-state index contributed by atoms with van der Waals surface area (Å²) in [6, 6.07) is 15.0. The van der Waals surface area contributed by atoms with Crippen LogP contribution in [0.4, 0.5) is 11.4 Å². The second-order valence-corrected chi connectivity index (χ2v) is 6.33. The third kappa shape index (κ3) is 5.00. The van der Waals surface area contributed by atoms with Crippen molar-refractivity contribution < 1.29 is 19.1 Å². The fourth-order valence-electron chi connectivity index (χ4n) is 2.90. The van der Waals surface area contributed by atoms with Crippen LogP contribution in [0, 0.1) is 0 Å². The molecule has 6 heteroatoms. The van der Waals surface area contributed by atoms with Gasteiger partial charge in [-0.1, -0.05) is 25.1 Å². The Kier molecular flexibility index (Phi) is 6.30. The third-order valence-corrected chi connectivity index (χ3v) is 4.20. The highest BCUT2D eigenvalue weighted by atomic mass is 16.5. The Morgan fingerprint density at radius 2 is 2.04 bits per heavy atom. The number of hydrogen-bond donors (Lipinski definition) is 1. The van der Waals surface area contributed by atoms with Crippen LogP contribution in [-0.2, 0) is 9.59 Å². The molecule has 1 aliphatic rings. The van der Waals surface area contributed by atoms with Gasteiger partial charge in [0.05, 0.1) is 12.3 Å². The summed E-state index contributed by atoms with van der Waals surface area (Å²) >= 11 is 0. The average molecular weight is 368 g/mol. The van der Waals surface area contributed by atoms with E-state index in [2.05, 4.69) is 5.32 Å². The molecular formula is C21H24N2O4. The standard InChI is InChI=1S/C21H24N2O4/c1-2-7-20(24)22-16-10-11-19-18(14-16)23(21(25)15-27-19)12-6-13-26-17-8-4-3-5-9-17/h3-5,8-11,14H,2,6-7,12-13,15H2,1H3,(H,22,24). The molecule has 0 radical (unpaired) electrons. The van der Waals surface area contributed by atoms with Crippen molar-refractivity contribution in [1.82, 2.24) is 0 Å². The summed E-state index contributed by atoms with van der Waals surface area (Å²) < 4.78 is 11.2. The topological polar surface area (TPSA) is 67.9 Å². The second kappa shape index (κ2) is 9.07. The van der Waals surface area contributed by atoms with Gasteiger partial charge in [0, 0.05) is 18.7 Å². The van der Waals surface area contributed by atoms with Gasteiger partial charge in [-0.2, -0.15) is 0 Å². The summed E-state index contributed by atoms with van der Waals surface area (Å²) in [6.07, 6.45) is 1.94. The van der Waals surface area contributed by atoms with E-state index in [9.17, 15) is 9.59 Å². The van der Waals surface area contributed by atoms with E-state index in [1.54, 1.807) is 23.1 Å². The van der Waals surface area contributed by atoms with Gasteiger partial charge in [0.2, 0.25) is 5.91 Å². The van der Waals surface area contributed by atoms with E-state index in [0.29, 0.717) is 43.1 Å². The number of ether oxygens (including phenoxy) is 2. The minimum atomic E-state index is -0.0979. The Balaban J connectivity index is 1.63. The maximum Gasteiger partial charge on any atom is 0.265 e. The van der Waals surface area contributed by atoms with Crippen LogP contribution in [-0.4, -0.2) is 31.6 Å². The number of rotatable bonds is 8. The van der Waals surface area contributed by atoms with Crippen molar-refractivity contribution in [1.29, 1.82) is 0 Å². The number of amides is 2. The molecule has 0 spiro atoms. The van der Waals surface area contributed by atoms with Crippen LogP contribution in [0.3, 0.4) is 0 Å². The van der Waals surface area contributed by atoms with Gasteiger partial charge < -0.3 is 19.7 Å². The molecule has 1 heterocycles. The molecule has 2 aromatic rings. The van der Waals surface area contributed by atoms with Gasteiger partial charge in [-0.3, -0.25) is 9.59 Å². The largest absolute Gasteiger partial charge is 0.494 e. The lowest BCUT2D eigenvalue weighted by atomic mass is 10.2. The van der Waals surface area contributed by atoms with E-state index in [4.69, 9.17) is 9.47 Å². The molecule has 1 N–H and O–H groups in total. The molecule has 0 saturated carbocycles. The van der Waals surface area contributed by atoms with Gasteiger partial charge in [-0.05, 0) is 43.2 Å². The lowest BCUT2D eigenvalue weighted by Gasteiger charge is -2.29. The van der Waals surface area contributed by atoms with E-state index < -0.39 is 0 Å². The Morgan fingerprint density at radius 3 is 2.81 bits per heavy atom. The normalized spacial score (nSPS) is 12.9. The Morgan fingerprint density at radius 1 is 1.22 bits per heavy atom. The zero-order valence-electron chi connectivity index (χ0n) is 15.4. The zero-order chi connectivity index (χ0) is 19.1. The van der Waals surface area contributed by atoms with Gasteiger partial charge in [0.15, 0.2) is 6.61 Å². The molecule has 0 unspecified atom stereocenters. The number of para-hydroxylation sites is 1. The third-order valence-electron chi connectivity index (χ3n) is 4.20. The molecule has 142 valence electrons. The SMILES string of the molecule is CCCC(=O)Nc1ccc2c(c1)N(CCCOc1ccccc1)C(=O)CO2. The number of benzene rings is 2. The quantitative estimate of drug-likeness (QED) is 0.723. The summed E-state index contributed by atoms with van der Waals surface area (Å²) in [5.74, 6) is 1.32. The summed E-state index contributed by atoms with van der Waals surface area (Å²) in [4.78, 5) is 25.9.